The molecule has 1 aromatic rings. The minimum atomic E-state index is -0.509. The third kappa shape index (κ3) is 2.19. The van der Waals surface area contributed by atoms with Crippen molar-refractivity contribution < 1.29 is 14.6 Å². The highest BCUT2D eigenvalue weighted by molar-refractivity contribution is 6.18. The van der Waals surface area contributed by atoms with Gasteiger partial charge in [0.1, 0.15) is 0 Å². The molecule has 1 unspecified atom stereocenters. The van der Waals surface area contributed by atoms with Gasteiger partial charge in [-0.15, -0.1) is 11.6 Å². The molecule has 1 aromatic carbocycles. The van der Waals surface area contributed by atoms with Gasteiger partial charge in [0.05, 0.1) is 6.10 Å². The molecule has 0 saturated heterocycles. The Bertz CT molecular complexity index is 365. The molecule has 0 fully saturated rings. The molecule has 0 amide bonds. The predicted octanol–water partition coefficient (Wildman–Crippen LogP) is 1.87. The van der Waals surface area contributed by atoms with E-state index in [1.54, 1.807) is 0 Å². The number of aryl methyl sites for hydroxylation is 1. The van der Waals surface area contributed by atoms with Crippen molar-refractivity contribution in [1.29, 1.82) is 0 Å². The maximum absolute atomic E-state index is 9.48. The fourth-order valence-corrected chi connectivity index (χ4v) is 1.72. The number of rotatable bonds is 3. The summed E-state index contributed by atoms with van der Waals surface area (Å²) in [7, 11) is 0. The van der Waals surface area contributed by atoms with Crippen LogP contribution in [0.3, 0.4) is 0 Å². The Kier molecular flexibility index (Phi) is 3.03. The van der Waals surface area contributed by atoms with Crippen molar-refractivity contribution in [2.75, 3.05) is 12.7 Å². The van der Waals surface area contributed by atoms with Crippen molar-refractivity contribution in [2.24, 2.45) is 0 Å². The molecule has 4 heteroatoms. The van der Waals surface area contributed by atoms with Crippen LogP contribution in [-0.2, 0) is 6.42 Å². The van der Waals surface area contributed by atoms with Crippen molar-refractivity contribution in [3.63, 3.8) is 0 Å². The lowest BCUT2D eigenvalue weighted by molar-refractivity contribution is 0.174. The summed E-state index contributed by atoms with van der Waals surface area (Å²) in [6.45, 7) is 2.26. The number of aliphatic hydroxyl groups is 1. The van der Waals surface area contributed by atoms with Crippen molar-refractivity contribution in [3.05, 3.63) is 23.3 Å². The smallest absolute Gasteiger partial charge is 0.231 e. The summed E-state index contributed by atoms with van der Waals surface area (Å²) in [5, 5.41) is 9.48. The molecule has 1 aliphatic rings. The first kappa shape index (κ1) is 10.6. The van der Waals surface area contributed by atoms with E-state index in [-0.39, 0.29) is 12.7 Å². The molecule has 3 nitrogen and oxygen atoms in total. The van der Waals surface area contributed by atoms with Crippen LogP contribution in [0.25, 0.3) is 0 Å². The minimum absolute atomic E-state index is 0.244. The molecule has 0 aromatic heterocycles. The Morgan fingerprint density at radius 2 is 2.07 bits per heavy atom. The van der Waals surface area contributed by atoms with E-state index in [0.29, 0.717) is 6.42 Å². The zero-order valence-electron chi connectivity index (χ0n) is 8.50. The summed E-state index contributed by atoms with van der Waals surface area (Å²) in [5.74, 6) is 1.77. The van der Waals surface area contributed by atoms with Gasteiger partial charge in [0.25, 0.3) is 0 Å². The quantitative estimate of drug-likeness (QED) is 0.803. The lowest BCUT2D eigenvalue weighted by Gasteiger charge is -2.10. The summed E-state index contributed by atoms with van der Waals surface area (Å²) in [5.41, 5.74) is 2.14. The maximum atomic E-state index is 9.48. The summed E-state index contributed by atoms with van der Waals surface area (Å²) >= 11 is 5.57. The molecular formula is C11H13ClO3. The number of alkyl halides is 1. The molecule has 0 aliphatic carbocycles. The first-order valence-corrected chi connectivity index (χ1v) is 5.37. The van der Waals surface area contributed by atoms with Crippen LogP contribution in [-0.4, -0.2) is 23.9 Å². The summed E-state index contributed by atoms with van der Waals surface area (Å²) < 4.78 is 10.5. The molecule has 0 radical (unpaired) electrons. The largest absolute Gasteiger partial charge is 0.454 e. The molecule has 0 bridgehead atoms. The number of hydrogen-bond donors (Lipinski definition) is 1. The topological polar surface area (TPSA) is 38.7 Å². The highest BCUT2D eigenvalue weighted by atomic mass is 35.5. The summed E-state index contributed by atoms with van der Waals surface area (Å²) in [4.78, 5) is 0. The van der Waals surface area contributed by atoms with Crippen LogP contribution in [0.2, 0.25) is 0 Å². The number of hydrogen-bond acceptors (Lipinski definition) is 3. The number of aliphatic hydroxyl groups excluding tert-OH is 1. The first-order valence-electron chi connectivity index (χ1n) is 4.84. The molecule has 2 rings (SSSR count). The van der Waals surface area contributed by atoms with Gasteiger partial charge in [0.2, 0.25) is 6.79 Å². The van der Waals surface area contributed by atoms with Crippen LogP contribution in [0.4, 0.5) is 0 Å². The monoisotopic (exact) mass is 228 g/mol. The Labute approximate surface area is 93.6 Å². The summed E-state index contributed by atoms with van der Waals surface area (Å²) in [6, 6.07) is 3.84. The van der Waals surface area contributed by atoms with Gasteiger partial charge < -0.3 is 14.6 Å². The number of halogens is 1. The van der Waals surface area contributed by atoms with E-state index >= 15 is 0 Å². The van der Waals surface area contributed by atoms with Gasteiger partial charge in [-0.2, -0.15) is 0 Å². The molecule has 1 heterocycles. The Balaban J connectivity index is 2.24. The second-order valence-electron chi connectivity index (χ2n) is 3.64. The third-order valence-corrected chi connectivity index (χ3v) is 2.82. The molecule has 15 heavy (non-hydrogen) atoms. The standard InChI is InChI=1S/C11H13ClO3/c1-7-2-10-11(15-6-14-10)4-8(7)3-9(13)5-12/h2,4,9,13H,3,5-6H2,1H3. The van der Waals surface area contributed by atoms with E-state index in [4.69, 9.17) is 21.1 Å². The van der Waals surface area contributed by atoms with Crippen molar-refractivity contribution in [1.82, 2.24) is 0 Å². The van der Waals surface area contributed by atoms with E-state index in [9.17, 15) is 5.11 Å². The average molecular weight is 229 g/mol. The van der Waals surface area contributed by atoms with Crippen LogP contribution in [0, 0.1) is 6.92 Å². The number of ether oxygens (including phenoxy) is 2. The number of benzene rings is 1. The maximum Gasteiger partial charge on any atom is 0.231 e. The SMILES string of the molecule is Cc1cc2c(cc1CC(O)CCl)OCO2. The van der Waals surface area contributed by atoms with Crippen LogP contribution in [0.1, 0.15) is 11.1 Å². The second-order valence-corrected chi connectivity index (χ2v) is 3.95. The summed E-state index contributed by atoms with van der Waals surface area (Å²) in [6.07, 6.45) is 0.0390. The van der Waals surface area contributed by atoms with Gasteiger partial charge in [-0.05, 0) is 36.6 Å². The van der Waals surface area contributed by atoms with Gasteiger partial charge in [-0.1, -0.05) is 0 Å². The van der Waals surface area contributed by atoms with Crippen LogP contribution >= 0.6 is 11.6 Å². The van der Waals surface area contributed by atoms with Gasteiger partial charge >= 0.3 is 0 Å². The molecule has 1 N–H and O–H groups in total. The van der Waals surface area contributed by atoms with Crippen LogP contribution in [0.15, 0.2) is 12.1 Å². The Morgan fingerprint density at radius 3 is 2.73 bits per heavy atom. The molecule has 0 spiro atoms. The Morgan fingerprint density at radius 1 is 1.40 bits per heavy atom. The van der Waals surface area contributed by atoms with Crippen molar-refractivity contribution >= 4 is 11.6 Å². The van der Waals surface area contributed by atoms with E-state index in [1.165, 1.54) is 0 Å². The van der Waals surface area contributed by atoms with E-state index < -0.39 is 6.10 Å². The molecule has 1 atom stereocenters. The zero-order chi connectivity index (χ0) is 10.8. The third-order valence-electron chi connectivity index (χ3n) is 2.46. The first-order chi connectivity index (χ1) is 7.20. The molecule has 1 aliphatic heterocycles. The Hall–Kier alpha value is -0.930. The van der Waals surface area contributed by atoms with Gasteiger partial charge in [0.15, 0.2) is 11.5 Å². The average Bonchev–Trinajstić information content (AvgIpc) is 2.65. The highest BCUT2D eigenvalue weighted by Gasteiger charge is 2.16. The predicted molar refractivity (Wildman–Crippen MR) is 57.7 cm³/mol. The lowest BCUT2D eigenvalue weighted by atomic mass is 10.0. The highest BCUT2D eigenvalue weighted by Crippen LogP contribution is 2.34. The normalized spacial score (nSPS) is 15.4. The molecule has 82 valence electrons. The van der Waals surface area contributed by atoms with Crippen molar-refractivity contribution in [3.8, 4) is 11.5 Å². The van der Waals surface area contributed by atoms with Crippen molar-refractivity contribution in [2.45, 2.75) is 19.4 Å². The van der Waals surface area contributed by atoms with Crippen LogP contribution in [0.5, 0.6) is 11.5 Å². The van der Waals surface area contributed by atoms with Gasteiger partial charge in [-0.3, -0.25) is 0 Å². The zero-order valence-corrected chi connectivity index (χ0v) is 9.25. The molecular weight excluding hydrogens is 216 g/mol. The molecule has 0 saturated carbocycles. The fourth-order valence-electron chi connectivity index (χ4n) is 1.61. The second kappa shape index (κ2) is 4.29. The van der Waals surface area contributed by atoms with E-state index in [2.05, 4.69) is 0 Å². The van der Waals surface area contributed by atoms with Crippen LogP contribution < -0.4 is 9.47 Å². The van der Waals surface area contributed by atoms with Gasteiger partial charge in [-0.25, -0.2) is 0 Å². The fraction of sp³-hybridized carbons (Fsp3) is 0.455. The van der Waals surface area contributed by atoms with E-state index in [1.807, 2.05) is 19.1 Å². The minimum Gasteiger partial charge on any atom is -0.454 e. The van der Waals surface area contributed by atoms with Gasteiger partial charge in [0, 0.05) is 5.88 Å². The number of fused-ring (bicyclic) bond motifs is 1. The lowest BCUT2D eigenvalue weighted by Crippen LogP contribution is -2.12. The van der Waals surface area contributed by atoms with E-state index in [0.717, 1.165) is 22.6 Å².